The first-order valence-corrected chi connectivity index (χ1v) is 10.2. The highest BCUT2D eigenvalue weighted by molar-refractivity contribution is 9.10. The third-order valence-corrected chi connectivity index (χ3v) is 5.80. The molecule has 0 radical (unpaired) electrons. The highest BCUT2D eigenvalue weighted by Gasteiger charge is 2.57. The smallest absolute Gasteiger partial charge is 0.310 e. The number of benzene rings is 1. The van der Waals surface area contributed by atoms with E-state index in [1.165, 1.54) is 13.8 Å². The fourth-order valence-corrected chi connectivity index (χ4v) is 4.81. The van der Waals surface area contributed by atoms with Crippen molar-refractivity contribution in [2.75, 3.05) is 13.2 Å². The minimum absolute atomic E-state index is 0.0170. The standard InChI is InChI=1S/C21H27BrO6/c1-5-27-19(24)15-11-21(4,26)18(12(3)23)17(20(25)28-6-2)16(15)13-8-7-9-14(22)10-13/h7-10,15-18,26H,5-6,11H2,1-4H3/t15-,16-,17-,18-,21-/m1/s1. The van der Waals surface area contributed by atoms with Crippen molar-refractivity contribution in [3.63, 3.8) is 0 Å². The number of ether oxygens (including phenoxy) is 2. The highest BCUT2D eigenvalue weighted by atomic mass is 79.9. The van der Waals surface area contributed by atoms with Crippen molar-refractivity contribution in [2.45, 2.75) is 45.6 Å². The lowest BCUT2D eigenvalue weighted by atomic mass is 9.57. The number of ketones is 1. The minimum Gasteiger partial charge on any atom is -0.466 e. The zero-order valence-electron chi connectivity index (χ0n) is 16.6. The Bertz CT molecular complexity index is 744. The van der Waals surface area contributed by atoms with Crippen LogP contribution >= 0.6 is 15.9 Å². The Labute approximate surface area is 173 Å². The number of Topliss-reactive ketones (excluding diaryl/α,β-unsaturated/α-hetero) is 1. The summed E-state index contributed by atoms with van der Waals surface area (Å²) in [7, 11) is 0. The molecular weight excluding hydrogens is 428 g/mol. The summed E-state index contributed by atoms with van der Waals surface area (Å²) < 4.78 is 11.3. The average Bonchev–Trinajstić information content (AvgIpc) is 2.60. The minimum atomic E-state index is -1.54. The van der Waals surface area contributed by atoms with E-state index >= 15 is 0 Å². The fraction of sp³-hybridized carbons (Fsp3) is 0.571. The molecule has 0 aromatic heterocycles. The summed E-state index contributed by atoms with van der Waals surface area (Å²) in [6.07, 6.45) is 0.0170. The number of carbonyl (C=O) groups excluding carboxylic acids is 3. The topological polar surface area (TPSA) is 89.9 Å². The van der Waals surface area contributed by atoms with Gasteiger partial charge in [0.15, 0.2) is 0 Å². The van der Waals surface area contributed by atoms with Gasteiger partial charge in [-0.05, 0) is 51.8 Å². The van der Waals surface area contributed by atoms with E-state index in [4.69, 9.17) is 9.47 Å². The van der Waals surface area contributed by atoms with Gasteiger partial charge < -0.3 is 14.6 Å². The quantitative estimate of drug-likeness (QED) is 0.663. The molecule has 1 aliphatic carbocycles. The summed E-state index contributed by atoms with van der Waals surface area (Å²) in [4.78, 5) is 38.2. The summed E-state index contributed by atoms with van der Waals surface area (Å²) in [6, 6.07) is 7.27. The van der Waals surface area contributed by atoms with E-state index in [1.54, 1.807) is 19.9 Å². The molecule has 0 bridgehead atoms. The monoisotopic (exact) mass is 454 g/mol. The molecule has 2 rings (SSSR count). The molecule has 0 saturated heterocycles. The van der Waals surface area contributed by atoms with Crippen molar-refractivity contribution in [3.8, 4) is 0 Å². The van der Waals surface area contributed by atoms with Crippen LogP contribution in [0.4, 0.5) is 0 Å². The molecule has 5 atom stereocenters. The lowest BCUT2D eigenvalue weighted by Gasteiger charge is -2.47. The fourth-order valence-electron chi connectivity index (χ4n) is 4.39. The Balaban J connectivity index is 2.68. The van der Waals surface area contributed by atoms with Gasteiger partial charge in [0.1, 0.15) is 5.78 Å². The van der Waals surface area contributed by atoms with Gasteiger partial charge in [-0.2, -0.15) is 0 Å². The van der Waals surface area contributed by atoms with Crippen molar-refractivity contribution >= 4 is 33.7 Å². The van der Waals surface area contributed by atoms with Crippen LogP contribution in [0.1, 0.15) is 45.6 Å². The second kappa shape index (κ2) is 9.18. The van der Waals surface area contributed by atoms with Gasteiger partial charge in [0.2, 0.25) is 0 Å². The summed E-state index contributed by atoms with van der Waals surface area (Å²) in [5.74, 6) is -4.82. The summed E-state index contributed by atoms with van der Waals surface area (Å²) in [6.45, 7) is 6.55. The second-order valence-corrected chi connectivity index (χ2v) is 8.28. The molecule has 0 aliphatic heterocycles. The van der Waals surface area contributed by atoms with Gasteiger partial charge in [-0.25, -0.2) is 0 Å². The maximum Gasteiger partial charge on any atom is 0.310 e. The summed E-state index contributed by atoms with van der Waals surface area (Å²) in [5.41, 5.74) is -0.823. The van der Waals surface area contributed by atoms with Gasteiger partial charge in [0, 0.05) is 10.4 Å². The molecule has 7 heteroatoms. The number of carbonyl (C=O) groups is 3. The van der Waals surface area contributed by atoms with Crippen LogP contribution < -0.4 is 0 Å². The van der Waals surface area contributed by atoms with Gasteiger partial charge in [0.25, 0.3) is 0 Å². The normalized spacial score (nSPS) is 29.8. The third kappa shape index (κ3) is 4.63. The van der Waals surface area contributed by atoms with E-state index in [9.17, 15) is 19.5 Å². The van der Waals surface area contributed by atoms with Gasteiger partial charge in [-0.3, -0.25) is 14.4 Å². The maximum atomic E-state index is 12.9. The largest absolute Gasteiger partial charge is 0.466 e. The average molecular weight is 455 g/mol. The van der Waals surface area contributed by atoms with E-state index in [1.807, 2.05) is 18.2 Å². The van der Waals surface area contributed by atoms with E-state index in [0.717, 1.165) is 4.47 Å². The van der Waals surface area contributed by atoms with E-state index in [-0.39, 0.29) is 25.4 Å². The molecule has 0 amide bonds. The Kier molecular flexibility index (Phi) is 7.39. The van der Waals surface area contributed by atoms with Crippen LogP contribution in [0, 0.1) is 17.8 Å². The Morgan fingerprint density at radius 1 is 1.18 bits per heavy atom. The van der Waals surface area contributed by atoms with Crippen LogP contribution in [0.2, 0.25) is 0 Å². The molecule has 0 heterocycles. The molecule has 1 aliphatic rings. The number of hydrogen-bond acceptors (Lipinski definition) is 6. The van der Waals surface area contributed by atoms with Crippen molar-refractivity contribution < 1.29 is 29.0 Å². The molecule has 0 spiro atoms. The first kappa shape index (κ1) is 22.6. The highest BCUT2D eigenvalue weighted by Crippen LogP contribution is 2.51. The van der Waals surface area contributed by atoms with E-state index in [2.05, 4.69) is 15.9 Å². The van der Waals surface area contributed by atoms with E-state index in [0.29, 0.717) is 5.56 Å². The predicted molar refractivity (Wildman–Crippen MR) is 107 cm³/mol. The summed E-state index contributed by atoms with van der Waals surface area (Å²) in [5, 5.41) is 11.1. The zero-order chi connectivity index (χ0) is 21.1. The molecule has 1 fully saturated rings. The molecule has 1 aromatic rings. The van der Waals surface area contributed by atoms with Gasteiger partial charge >= 0.3 is 11.9 Å². The van der Waals surface area contributed by atoms with Crippen molar-refractivity contribution in [2.24, 2.45) is 17.8 Å². The maximum absolute atomic E-state index is 12.9. The first-order valence-electron chi connectivity index (χ1n) is 9.45. The molecular formula is C21H27BrO6. The SMILES string of the molecule is CCOC(=O)[C@@H]1[C@H](c2cccc(Br)c2)[C@H](C(=O)OCC)C[C@@](C)(O)[C@@H]1C(C)=O. The molecule has 1 saturated carbocycles. The van der Waals surface area contributed by atoms with Crippen molar-refractivity contribution in [3.05, 3.63) is 34.3 Å². The molecule has 154 valence electrons. The van der Waals surface area contributed by atoms with Gasteiger partial charge in [-0.15, -0.1) is 0 Å². The Hall–Kier alpha value is -1.73. The predicted octanol–water partition coefficient (Wildman–Crippen LogP) is 3.25. The number of halogens is 1. The number of rotatable bonds is 6. The van der Waals surface area contributed by atoms with Crippen molar-refractivity contribution in [1.82, 2.24) is 0 Å². The van der Waals surface area contributed by atoms with E-state index < -0.39 is 41.2 Å². The van der Waals surface area contributed by atoms with Crippen LogP contribution in [0.25, 0.3) is 0 Å². The lowest BCUT2D eigenvalue weighted by molar-refractivity contribution is -0.176. The number of hydrogen-bond donors (Lipinski definition) is 1. The Morgan fingerprint density at radius 3 is 2.32 bits per heavy atom. The van der Waals surface area contributed by atoms with Crippen LogP contribution in [0.5, 0.6) is 0 Å². The molecule has 1 N–H and O–H groups in total. The molecule has 1 aromatic carbocycles. The van der Waals surface area contributed by atoms with Crippen LogP contribution in [-0.4, -0.2) is 41.6 Å². The zero-order valence-corrected chi connectivity index (χ0v) is 18.2. The molecule has 6 nitrogen and oxygen atoms in total. The molecule has 28 heavy (non-hydrogen) atoms. The van der Waals surface area contributed by atoms with Gasteiger partial charge in [-0.1, -0.05) is 28.1 Å². The van der Waals surface area contributed by atoms with Crippen LogP contribution in [-0.2, 0) is 23.9 Å². The Morgan fingerprint density at radius 2 is 1.79 bits per heavy atom. The van der Waals surface area contributed by atoms with Crippen LogP contribution in [0.3, 0.4) is 0 Å². The molecule has 0 unspecified atom stereocenters. The lowest BCUT2D eigenvalue weighted by Crippen LogP contribution is -2.56. The van der Waals surface area contributed by atoms with Crippen molar-refractivity contribution in [1.29, 1.82) is 0 Å². The van der Waals surface area contributed by atoms with Crippen LogP contribution in [0.15, 0.2) is 28.7 Å². The number of aliphatic hydroxyl groups is 1. The third-order valence-electron chi connectivity index (χ3n) is 5.30. The first-order chi connectivity index (χ1) is 13.1. The van der Waals surface area contributed by atoms with Gasteiger partial charge in [0.05, 0.1) is 36.6 Å². The second-order valence-electron chi connectivity index (χ2n) is 7.37. The number of esters is 2. The summed E-state index contributed by atoms with van der Waals surface area (Å²) >= 11 is 3.42.